The van der Waals surface area contributed by atoms with Crippen LogP contribution in [0.1, 0.15) is 34.7 Å². The van der Waals surface area contributed by atoms with E-state index in [2.05, 4.69) is 31.4 Å². The van der Waals surface area contributed by atoms with Crippen molar-refractivity contribution in [1.29, 1.82) is 0 Å². The van der Waals surface area contributed by atoms with Crippen LogP contribution < -0.4 is 5.32 Å². The van der Waals surface area contributed by atoms with E-state index in [-0.39, 0.29) is 5.69 Å². The second-order valence-electron chi connectivity index (χ2n) is 6.10. The maximum Gasteiger partial charge on any atom is 0.328 e. The molecule has 3 rings (SSSR count). The molecule has 1 atom stereocenters. The Morgan fingerprint density at radius 3 is 2.59 bits per heavy atom. The molecule has 2 aromatic heterocycles. The third-order valence-corrected chi connectivity index (χ3v) is 4.59. The van der Waals surface area contributed by atoms with Gasteiger partial charge in [-0.05, 0) is 37.6 Å². The molecule has 2 N–H and O–H groups in total. The number of aromatic nitrogens is 4. The predicted octanol–water partition coefficient (Wildman–Crippen LogP) is 3.10. The number of hydrogen-bond acceptors (Lipinski definition) is 4. The second kappa shape index (κ2) is 7.75. The Bertz CT molecular complexity index is 977. The molecule has 140 valence electrons. The molecule has 1 amide bonds. The van der Waals surface area contributed by atoms with Gasteiger partial charge in [-0.3, -0.25) is 14.2 Å². The first-order valence-corrected chi connectivity index (χ1v) is 9.01. The topological polar surface area (TPSA) is 102 Å². The lowest BCUT2D eigenvalue weighted by Gasteiger charge is -2.05. The highest BCUT2D eigenvalue weighted by molar-refractivity contribution is 9.10. The molecule has 2 heterocycles. The molecule has 0 saturated heterocycles. The maximum atomic E-state index is 12.3. The first kappa shape index (κ1) is 18.8. The molecule has 0 saturated carbocycles. The lowest BCUT2D eigenvalue weighted by atomic mass is 10.2. The van der Waals surface area contributed by atoms with Gasteiger partial charge in [-0.1, -0.05) is 28.1 Å². The zero-order chi connectivity index (χ0) is 19.6. The fraction of sp³-hybridized carbons (Fsp3) is 0.222. The fourth-order valence-electron chi connectivity index (χ4n) is 2.46. The normalized spacial score (nSPS) is 12.0. The van der Waals surface area contributed by atoms with Crippen molar-refractivity contribution in [3.8, 4) is 0 Å². The van der Waals surface area contributed by atoms with Crippen LogP contribution in [0, 0.1) is 6.92 Å². The number of carboxylic acids is 1. The molecule has 0 aliphatic rings. The number of anilines is 1. The van der Waals surface area contributed by atoms with E-state index < -0.39 is 17.9 Å². The minimum Gasteiger partial charge on any atom is -0.480 e. The molecular weight excluding hydrogens is 414 g/mol. The van der Waals surface area contributed by atoms with Gasteiger partial charge in [-0.2, -0.15) is 10.2 Å². The smallest absolute Gasteiger partial charge is 0.328 e. The summed E-state index contributed by atoms with van der Waals surface area (Å²) in [4.78, 5) is 23.3. The number of carbonyl (C=O) groups is 2. The number of rotatable bonds is 6. The summed E-state index contributed by atoms with van der Waals surface area (Å²) in [5, 5.41) is 20.1. The average Bonchev–Trinajstić information content (AvgIpc) is 3.23. The summed E-state index contributed by atoms with van der Waals surface area (Å²) in [5.74, 6) is -1.05. The highest BCUT2D eigenvalue weighted by Crippen LogP contribution is 2.15. The zero-order valence-electron chi connectivity index (χ0n) is 14.8. The number of benzene rings is 1. The van der Waals surface area contributed by atoms with E-state index in [9.17, 15) is 9.59 Å². The zero-order valence-corrected chi connectivity index (χ0v) is 16.3. The number of carboxylic acid groups (broad SMARTS) is 1. The Kier molecular flexibility index (Phi) is 5.41. The Labute approximate surface area is 163 Å². The molecule has 27 heavy (non-hydrogen) atoms. The van der Waals surface area contributed by atoms with E-state index in [0.29, 0.717) is 12.4 Å². The number of nitrogens with zero attached hydrogens (tertiary/aromatic N) is 4. The molecule has 0 bridgehead atoms. The number of hydrogen-bond donors (Lipinski definition) is 2. The van der Waals surface area contributed by atoms with E-state index in [4.69, 9.17) is 5.11 Å². The van der Waals surface area contributed by atoms with E-state index in [1.54, 1.807) is 10.7 Å². The summed E-state index contributed by atoms with van der Waals surface area (Å²) < 4.78 is 4.03. The SMILES string of the molecule is Cc1cc(NC(=O)c2ccn(C(C)C(=O)O)n2)nn1Cc1ccc(Br)cc1. The van der Waals surface area contributed by atoms with Crippen LogP contribution in [-0.4, -0.2) is 36.5 Å². The Balaban J connectivity index is 1.70. The Morgan fingerprint density at radius 2 is 1.93 bits per heavy atom. The van der Waals surface area contributed by atoms with Crippen molar-refractivity contribution in [2.75, 3.05) is 5.32 Å². The standard InChI is InChI=1S/C18H18BrN5O3/c1-11-9-16(22-24(11)10-13-3-5-14(19)6-4-13)20-17(25)15-7-8-23(21-15)12(2)18(26)27/h3-9,12H,10H2,1-2H3,(H,26,27)(H,20,22,25). The number of nitrogens with one attached hydrogen (secondary N) is 1. The quantitative estimate of drug-likeness (QED) is 0.624. The van der Waals surface area contributed by atoms with Gasteiger partial charge in [0.15, 0.2) is 11.5 Å². The minimum atomic E-state index is -1.02. The minimum absolute atomic E-state index is 0.128. The van der Waals surface area contributed by atoms with E-state index in [1.165, 1.54) is 23.9 Å². The summed E-state index contributed by atoms with van der Waals surface area (Å²) in [7, 11) is 0. The van der Waals surface area contributed by atoms with Gasteiger partial charge >= 0.3 is 5.97 Å². The van der Waals surface area contributed by atoms with Crippen molar-refractivity contribution in [2.24, 2.45) is 0 Å². The third-order valence-electron chi connectivity index (χ3n) is 4.06. The van der Waals surface area contributed by atoms with E-state index >= 15 is 0 Å². The van der Waals surface area contributed by atoms with Gasteiger partial charge in [0.05, 0.1) is 6.54 Å². The highest BCUT2D eigenvalue weighted by atomic mass is 79.9. The fourth-order valence-corrected chi connectivity index (χ4v) is 2.73. The summed E-state index contributed by atoms with van der Waals surface area (Å²) in [5.41, 5.74) is 2.12. The molecule has 8 nitrogen and oxygen atoms in total. The number of carbonyl (C=O) groups excluding carboxylic acids is 1. The highest BCUT2D eigenvalue weighted by Gasteiger charge is 2.18. The van der Waals surface area contributed by atoms with Crippen molar-refractivity contribution in [2.45, 2.75) is 26.4 Å². The molecule has 9 heteroatoms. The summed E-state index contributed by atoms with van der Waals surface area (Å²) in [6, 6.07) is 10.3. The van der Waals surface area contributed by atoms with Crippen LogP contribution in [0.4, 0.5) is 5.82 Å². The largest absolute Gasteiger partial charge is 0.480 e. The van der Waals surface area contributed by atoms with Crippen LogP contribution in [0.5, 0.6) is 0 Å². The van der Waals surface area contributed by atoms with Crippen LogP contribution in [0.25, 0.3) is 0 Å². The monoisotopic (exact) mass is 431 g/mol. The molecule has 1 unspecified atom stereocenters. The molecule has 0 spiro atoms. The number of aryl methyl sites for hydroxylation is 1. The number of halogens is 1. The van der Waals surface area contributed by atoms with Gasteiger partial charge in [0.2, 0.25) is 0 Å². The molecule has 0 radical (unpaired) electrons. The first-order valence-electron chi connectivity index (χ1n) is 8.21. The second-order valence-corrected chi connectivity index (χ2v) is 7.02. The Morgan fingerprint density at radius 1 is 1.22 bits per heavy atom. The Hall–Kier alpha value is -2.94. The molecular formula is C18H18BrN5O3. The molecule has 0 aliphatic heterocycles. The van der Waals surface area contributed by atoms with Crippen LogP contribution in [0.2, 0.25) is 0 Å². The third kappa shape index (κ3) is 4.43. The van der Waals surface area contributed by atoms with Crippen molar-refractivity contribution in [3.05, 3.63) is 64.0 Å². The van der Waals surface area contributed by atoms with Gasteiger partial charge in [-0.25, -0.2) is 4.79 Å². The lowest BCUT2D eigenvalue weighted by Crippen LogP contribution is -2.18. The molecule has 0 aliphatic carbocycles. The van der Waals surface area contributed by atoms with Gasteiger partial charge in [0.1, 0.15) is 6.04 Å². The van der Waals surface area contributed by atoms with Crippen molar-refractivity contribution < 1.29 is 14.7 Å². The average molecular weight is 432 g/mol. The number of aliphatic carboxylic acids is 1. The van der Waals surface area contributed by atoms with Crippen LogP contribution in [0.3, 0.4) is 0 Å². The molecule has 0 fully saturated rings. The maximum absolute atomic E-state index is 12.3. The van der Waals surface area contributed by atoms with Crippen molar-refractivity contribution >= 4 is 33.6 Å². The van der Waals surface area contributed by atoms with Crippen molar-refractivity contribution in [1.82, 2.24) is 19.6 Å². The van der Waals surface area contributed by atoms with E-state index in [0.717, 1.165) is 15.7 Å². The predicted molar refractivity (Wildman–Crippen MR) is 103 cm³/mol. The number of amides is 1. The lowest BCUT2D eigenvalue weighted by molar-refractivity contribution is -0.140. The molecule has 3 aromatic rings. The van der Waals surface area contributed by atoms with Gasteiger partial charge in [0.25, 0.3) is 5.91 Å². The van der Waals surface area contributed by atoms with Crippen LogP contribution in [0.15, 0.2) is 47.1 Å². The summed E-state index contributed by atoms with van der Waals surface area (Å²) in [6.45, 7) is 3.98. The summed E-state index contributed by atoms with van der Waals surface area (Å²) in [6.07, 6.45) is 1.46. The van der Waals surface area contributed by atoms with Gasteiger partial charge < -0.3 is 10.4 Å². The molecule has 1 aromatic carbocycles. The summed E-state index contributed by atoms with van der Waals surface area (Å²) >= 11 is 3.41. The van der Waals surface area contributed by atoms with Crippen LogP contribution >= 0.6 is 15.9 Å². The van der Waals surface area contributed by atoms with E-state index in [1.807, 2.05) is 31.2 Å². The van der Waals surface area contributed by atoms with Gasteiger partial charge in [0, 0.05) is 22.4 Å². The van der Waals surface area contributed by atoms with Crippen molar-refractivity contribution in [3.63, 3.8) is 0 Å². The van der Waals surface area contributed by atoms with Gasteiger partial charge in [-0.15, -0.1) is 0 Å². The van der Waals surface area contributed by atoms with Crippen LogP contribution in [-0.2, 0) is 11.3 Å². The first-order chi connectivity index (χ1) is 12.8.